The lowest BCUT2D eigenvalue weighted by Crippen LogP contribution is -2.43. The second-order valence-electron chi connectivity index (χ2n) is 16.6. The molecule has 2 amide bonds. The van der Waals surface area contributed by atoms with Gasteiger partial charge in [0.1, 0.15) is 5.82 Å². The Hall–Kier alpha value is -5.26. The minimum absolute atomic E-state index is 0.00811. The van der Waals surface area contributed by atoms with E-state index in [1.54, 1.807) is 24.3 Å². The lowest BCUT2D eigenvalue weighted by molar-refractivity contribution is -0.126. The summed E-state index contributed by atoms with van der Waals surface area (Å²) in [4.78, 5) is 34.4. The number of sulfonamides is 1. The number of anilines is 1. The number of carbonyl (C=O) groups is 2. The second-order valence-corrected chi connectivity index (χ2v) is 18.6. The maximum Gasteiger partial charge on any atom is 0.251 e. The van der Waals surface area contributed by atoms with Gasteiger partial charge < -0.3 is 26.0 Å². The highest BCUT2D eigenvalue weighted by molar-refractivity contribution is 7.89. The molecule has 2 aromatic heterocycles. The Morgan fingerprint density at radius 1 is 0.889 bits per heavy atom. The Kier molecular flexibility index (Phi) is 14.1. The van der Waals surface area contributed by atoms with Crippen LogP contribution in [0, 0.1) is 11.7 Å². The molecule has 0 radical (unpaired) electrons. The summed E-state index contributed by atoms with van der Waals surface area (Å²) in [6, 6.07) is 18.9. The summed E-state index contributed by atoms with van der Waals surface area (Å²) in [5.74, 6) is -1.28. The molecule has 0 saturated carbocycles. The molecule has 0 spiro atoms. The Bertz CT molecular complexity index is 2530. The predicted molar refractivity (Wildman–Crippen MR) is 241 cm³/mol. The summed E-state index contributed by atoms with van der Waals surface area (Å²) in [5, 5.41) is 18.7. The van der Waals surface area contributed by atoms with Crippen LogP contribution in [0.15, 0.2) is 77.8 Å². The highest BCUT2D eigenvalue weighted by Gasteiger charge is 2.33. The number of amides is 2. The van der Waals surface area contributed by atoms with Crippen molar-refractivity contribution in [2.45, 2.75) is 83.1 Å². The van der Waals surface area contributed by atoms with Crippen LogP contribution < -0.4 is 21.3 Å². The standard InChI is InChI=1S/C47H58FN9O5S/c1-3-43-40(44(53-37-15-23-62-24-16-37)41-30-52-57(4-2)45(41)54-43)29-51-46(58)34-13-19-56(20-14-34)63(60,61)38-10-6-9-36(27-38)47(59)50-28-32-11-12-42(48)39(26-32)35-8-5-7-33(25-35)31-55-21-17-49-18-22-55/h5-12,25-27,30,34,37,49H,3-4,13-24,28-29,31H2,1-2H3,(H,50,59)(H,51,58)(H,53,54). The smallest absolute Gasteiger partial charge is 0.251 e. The summed E-state index contributed by atoms with van der Waals surface area (Å²) in [6.07, 6.45) is 5.00. The SMILES string of the molecule is CCc1nc2c(cnn2CC)c(NC2CCOCC2)c1CNC(=O)C1CCN(S(=O)(=O)c2cccc(C(=O)NCc3ccc(F)c(-c4cccc(CN5CCNCC5)c4)c3)c2)CC1. The number of halogens is 1. The largest absolute Gasteiger partial charge is 0.381 e. The van der Waals surface area contributed by atoms with Gasteiger partial charge in [0.05, 0.1) is 22.2 Å². The van der Waals surface area contributed by atoms with Crippen molar-refractivity contribution < 1.29 is 27.1 Å². The van der Waals surface area contributed by atoms with Crippen molar-refractivity contribution >= 4 is 38.6 Å². The van der Waals surface area contributed by atoms with E-state index in [-0.39, 0.29) is 60.3 Å². The van der Waals surface area contributed by atoms with Crippen LogP contribution in [0.2, 0.25) is 0 Å². The maximum atomic E-state index is 15.1. The van der Waals surface area contributed by atoms with E-state index in [1.165, 1.54) is 22.5 Å². The first-order valence-corrected chi connectivity index (χ1v) is 23.7. The van der Waals surface area contributed by atoms with Gasteiger partial charge in [0.25, 0.3) is 5.91 Å². The zero-order chi connectivity index (χ0) is 43.9. The lowest BCUT2D eigenvalue weighted by Gasteiger charge is -2.31. The molecule has 0 unspecified atom stereocenters. The molecular weight excluding hydrogens is 822 g/mol. The number of ether oxygens (including phenoxy) is 1. The third-order valence-electron chi connectivity index (χ3n) is 12.5. The Balaban J connectivity index is 0.874. The van der Waals surface area contributed by atoms with Crippen LogP contribution >= 0.6 is 0 Å². The number of pyridine rings is 1. The molecule has 16 heteroatoms. The van der Waals surface area contributed by atoms with Crippen molar-refractivity contribution in [3.05, 3.63) is 107 Å². The molecular formula is C47H58FN9O5S. The van der Waals surface area contributed by atoms with Crippen molar-refractivity contribution in [3.63, 3.8) is 0 Å². The molecule has 0 bridgehead atoms. The van der Waals surface area contributed by atoms with Crippen LogP contribution in [0.1, 0.15) is 72.3 Å². The fourth-order valence-electron chi connectivity index (χ4n) is 8.88. The normalized spacial score (nSPS) is 17.2. The number of aromatic nitrogens is 3. The van der Waals surface area contributed by atoms with Gasteiger partial charge in [-0.15, -0.1) is 0 Å². The zero-order valence-corrected chi connectivity index (χ0v) is 37.0. The van der Waals surface area contributed by atoms with Gasteiger partial charge in [-0.2, -0.15) is 9.40 Å². The minimum atomic E-state index is -3.95. The van der Waals surface area contributed by atoms with E-state index in [9.17, 15) is 18.0 Å². The van der Waals surface area contributed by atoms with Gasteiger partial charge in [0, 0.05) is 113 Å². The van der Waals surface area contributed by atoms with Crippen LogP contribution in [0.3, 0.4) is 0 Å². The van der Waals surface area contributed by atoms with Gasteiger partial charge in [-0.05, 0) is 92.1 Å². The molecule has 5 aromatic rings. The molecule has 14 nitrogen and oxygen atoms in total. The van der Waals surface area contributed by atoms with Gasteiger partial charge in [-0.25, -0.2) is 22.5 Å². The number of aryl methyl sites for hydroxylation is 2. The lowest BCUT2D eigenvalue weighted by atomic mass is 9.97. The molecule has 4 N–H and O–H groups in total. The first-order valence-electron chi connectivity index (χ1n) is 22.3. The van der Waals surface area contributed by atoms with Gasteiger partial charge >= 0.3 is 0 Å². The second kappa shape index (κ2) is 20.1. The fourth-order valence-corrected chi connectivity index (χ4v) is 10.4. The Morgan fingerprint density at radius 2 is 1.67 bits per heavy atom. The third kappa shape index (κ3) is 10.3. The average molecular weight is 880 g/mol. The number of nitrogens with zero attached hydrogens (tertiary/aromatic N) is 5. The molecule has 3 saturated heterocycles. The molecule has 0 aliphatic carbocycles. The van der Waals surface area contributed by atoms with Crippen LogP contribution in [0.4, 0.5) is 10.1 Å². The summed E-state index contributed by atoms with van der Waals surface area (Å²) >= 11 is 0. The van der Waals surface area contributed by atoms with Crippen LogP contribution in [-0.2, 0) is 52.2 Å². The van der Waals surface area contributed by atoms with E-state index in [0.29, 0.717) is 50.1 Å². The Morgan fingerprint density at radius 3 is 2.43 bits per heavy atom. The van der Waals surface area contributed by atoms with E-state index >= 15 is 4.39 Å². The molecule has 8 rings (SSSR count). The van der Waals surface area contributed by atoms with E-state index in [1.807, 2.05) is 36.0 Å². The number of rotatable bonds is 15. The number of fused-ring (bicyclic) bond motifs is 1. The minimum Gasteiger partial charge on any atom is -0.381 e. The van der Waals surface area contributed by atoms with Crippen molar-refractivity contribution in [1.82, 2.24) is 39.9 Å². The highest BCUT2D eigenvalue weighted by atomic mass is 32.2. The van der Waals surface area contributed by atoms with Crippen molar-refractivity contribution in [2.75, 3.05) is 57.8 Å². The molecule has 5 heterocycles. The topological polar surface area (TPSA) is 163 Å². The number of nitrogens with one attached hydrogen (secondary N) is 4. The number of piperazine rings is 1. The summed E-state index contributed by atoms with van der Waals surface area (Å²) in [6.45, 7) is 11.5. The quantitative estimate of drug-likeness (QED) is 0.106. The van der Waals surface area contributed by atoms with E-state index in [0.717, 1.165) is 84.7 Å². The zero-order valence-electron chi connectivity index (χ0n) is 36.2. The number of benzene rings is 3. The van der Waals surface area contributed by atoms with E-state index < -0.39 is 15.9 Å². The highest BCUT2D eigenvalue weighted by Crippen LogP contribution is 2.32. The Labute approximate surface area is 369 Å². The van der Waals surface area contributed by atoms with Crippen molar-refractivity contribution in [2.24, 2.45) is 5.92 Å². The maximum absolute atomic E-state index is 15.1. The van der Waals surface area contributed by atoms with Crippen LogP contribution in [-0.4, -0.2) is 103 Å². The molecule has 3 fully saturated rings. The first kappa shape index (κ1) is 44.4. The number of hydrogen-bond acceptors (Lipinski definition) is 10. The van der Waals surface area contributed by atoms with E-state index in [2.05, 4.69) is 44.3 Å². The summed E-state index contributed by atoms with van der Waals surface area (Å²) < 4.78 is 51.8. The van der Waals surface area contributed by atoms with Crippen molar-refractivity contribution in [3.8, 4) is 11.1 Å². The van der Waals surface area contributed by atoms with Gasteiger partial charge in [-0.1, -0.05) is 37.3 Å². The van der Waals surface area contributed by atoms with E-state index in [4.69, 9.17) is 9.72 Å². The number of hydrogen-bond donors (Lipinski definition) is 4. The molecule has 3 aromatic carbocycles. The summed E-state index contributed by atoms with van der Waals surface area (Å²) in [7, 11) is -3.95. The first-order chi connectivity index (χ1) is 30.6. The molecule has 3 aliphatic rings. The van der Waals surface area contributed by atoms with Gasteiger partial charge in [0.2, 0.25) is 15.9 Å². The monoisotopic (exact) mass is 879 g/mol. The summed E-state index contributed by atoms with van der Waals surface area (Å²) in [5.41, 5.74) is 6.83. The van der Waals surface area contributed by atoms with Gasteiger partial charge in [0.15, 0.2) is 5.65 Å². The average Bonchev–Trinajstić information content (AvgIpc) is 3.74. The van der Waals surface area contributed by atoms with Gasteiger partial charge in [-0.3, -0.25) is 14.5 Å². The van der Waals surface area contributed by atoms with Crippen LogP contribution in [0.5, 0.6) is 0 Å². The van der Waals surface area contributed by atoms with Crippen LogP contribution in [0.25, 0.3) is 22.2 Å². The third-order valence-corrected chi connectivity index (χ3v) is 14.4. The molecule has 63 heavy (non-hydrogen) atoms. The molecule has 0 atom stereocenters. The fraction of sp³-hybridized carbons (Fsp3) is 0.447. The van der Waals surface area contributed by atoms with Crippen molar-refractivity contribution in [1.29, 1.82) is 0 Å². The predicted octanol–water partition coefficient (Wildman–Crippen LogP) is 5.46. The molecule has 3 aliphatic heterocycles. The number of piperidine rings is 1. The molecule has 334 valence electrons. The number of carbonyl (C=O) groups excluding carboxylic acids is 2.